The average molecular weight is 263 g/mol. The molecule has 5 heteroatoms. The number of hydrogen-bond donors (Lipinski definition) is 1. The van der Waals surface area contributed by atoms with Crippen molar-refractivity contribution in [3.8, 4) is 0 Å². The first-order chi connectivity index (χ1) is 7.99. The maximum Gasteiger partial charge on any atom is 0.152 e. The molecule has 1 aliphatic heterocycles. The molecule has 1 rings (SSSR count). The molecule has 102 valence electrons. The van der Waals surface area contributed by atoms with Gasteiger partial charge in [0.15, 0.2) is 9.84 Å². The molecule has 0 aromatic carbocycles. The van der Waals surface area contributed by atoms with Gasteiger partial charge in [0.25, 0.3) is 0 Å². The fourth-order valence-corrected chi connectivity index (χ4v) is 3.62. The van der Waals surface area contributed by atoms with Gasteiger partial charge in [-0.05, 0) is 32.2 Å². The Morgan fingerprint density at radius 1 is 1.35 bits per heavy atom. The highest BCUT2D eigenvalue weighted by Gasteiger charge is 2.22. The molecule has 17 heavy (non-hydrogen) atoms. The highest BCUT2D eigenvalue weighted by molar-refractivity contribution is 7.91. The van der Waals surface area contributed by atoms with E-state index in [1.54, 1.807) is 0 Å². The number of hydrogen-bond acceptors (Lipinski definition) is 4. The standard InChI is InChI=1S/C12H25NO3S/c1-11(2)13-7-3-4-9-17(14,15)10-12-6-5-8-16-12/h11-13H,3-10H2,1-2H3. The van der Waals surface area contributed by atoms with Gasteiger partial charge in [0.1, 0.15) is 0 Å². The minimum Gasteiger partial charge on any atom is -0.377 e. The van der Waals surface area contributed by atoms with Crippen LogP contribution in [0.4, 0.5) is 0 Å². The smallest absolute Gasteiger partial charge is 0.152 e. The Labute approximate surface area is 105 Å². The molecule has 0 aromatic heterocycles. The lowest BCUT2D eigenvalue weighted by atomic mass is 10.3. The summed E-state index contributed by atoms with van der Waals surface area (Å²) in [4.78, 5) is 0. The van der Waals surface area contributed by atoms with Crippen molar-refractivity contribution >= 4 is 9.84 Å². The summed E-state index contributed by atoms with van der Waals surface area (Å²) in [5.41, 5.74) is 0. The van der Waals surface area contributed by atoms with E-state index in [4.69, 9.17) is 4.74 Å². The minimum absolute atomic E-state index is 0.0474. The van der Waals surface area contributed by atoms with E-state index in [9.17, 15) is 8.42 Å². The Balaban J connectivity index is 2.11. The van der Waals surface area contributed by atoms with E-state index in [0.717, 1.165) is 38.8 Å². The van der Waals surface area contributed by atoms with Gasteiger partial charge < -0.3 is 10.1 Å². The number of nitrogens with one attached hydrogen (secondary N) is 1. The third-order valence-electron chi connectivity index (χ3n) is 2.90. The molecule has 0 aromatic rings. The van der Waals surface area contributed by atoms with Crippen molar-refractivity contribution in [2.75, 3.05) is 24.7 Å². The van der Waals surface area contributed by atoms with Crippen LogP contribution >= 0.6 is 0 Å². The number of rotatable bonds is 8. The second kappa shape index (κ2) is 7.34. The molecule has 0 spiro atoms. The summed E-state index contributed by atoms with van der Waals surface area (Å²) in [5.74, 6) is 0.511. The lowest BCUT2D eigenvalue weighted by Gasteiger charge is -2.10. The van der Waals surface area contributed by atoms with Gasteiger partial charge in [-0.15, -0.1) is 0 Å². The zero-order chi connectivity index (χ0) is 12.7. The number of sulfone groups is 1. The van der Waals surface area contributed by atoms with Crippen LogP contribution in [0.25, 0.3) is 0 Å². The minimum atomic E-state index is -2.92. The quantitative estimate of drug-likeness (QED) is 0.672. The zero-order valence-corrected chi connectivity index (χ0v) is 11.8. The molecule has 1 aliphatic rings. The van der Waals surface area contributed by atoms with Crippen LogP contribution in [0.1, 0.15) is 39.5 Å². The molecule has 0 radical (unpaired) electrons. The largest absolute Gasteiger partial charge is 0.377 e. The lowest BCUT2D eigenvalue weighted by Crippen LogP contribution is -2.25. The monoisotopic (exact) mass is 263 g/mol. The molecule has 4 nitrogen and oxygen atoms in total. The average Bonchev–Trinajstić information content (AvgIpc) is 2.68. The summed E-state index contributed by atoms with van der Waals surface area (Å²) >= 11 is 0. The number of unbranched alkanes of at least 4 members (excludes halogenated alkanes) is 1. The van der Waals surface area contributed by atoms with Gasteiger partial charge >= 0.3 is 0 Å². The molecule has 1 N–H and O–H groups in total. The summed E-state index contributed by atoms with van der Waals surface area (Å²) < 4.78 is 28.9. The van der Waals surface area contributed by atoms with E-state index in [1.165, 1.54) is 0 Å². The van der Waals surface area contributed by atoms with Crippen LogP contribution in [0.15, 0.2) is 0 Å². The normalized spacial score (nSPS) is 21.2. The van der Waals surface area contributed by atoms with Crippen molar-refractivity contribution in [1.29, 1.82) is 0 Å². The van der Waals surface area contributed by atoms with Gasteiger partial charge in [-0.1, -0.05) is 13.8 Å². The second-order valence-electron chi connectivity index (χ2n) is 5.07. The predicted octanol–water partition coefficient (Wildman–Crippen LogP) is 1.36. The fraction of sp³-hybridized carbons (Fsp3) is 1.00. The van der Waals surface area contributed by atoms with Crippen molar-refractivity contribution in [2.24, 2.45) is 0 Å². The molecule has 1 unspecified atom stereocenters. The van der Waals surface area contributed by atoms with Crippen LogP contribution < -0.4 is 5.32 Å². The Morgan fingerprint density at radius 3 is 2.71 bits per heavy atom. The van der Waals surface area contributed by atoms with Crippen LogP contribution in [0.5, 0.6) is 0 Å². The van der Waals surface area contributed by atoms with Crippen LogP contribution in [0.2, 0.25) is 0 Å². The second-order valence-corrected chi connectivity index (χ2v) is 7.29. The predicted molar refractivity (Wildman–Crippen MR) is 70.0 cm³/mol. The van der Waals surface area contributed by atoms with E-state index in [1.807, 2.05) is 0 Å². The molecular formula is C12H25NO3S. The van der Waals surface area contributed by atoms with Gasteiger partial charge in [0.05, 0.1) is 17.6 Å². The SMILES string of the molecule is CC(C)NCCCCS(=O)(=O)CC1CCCO1. The van der Waals surface area contributed by atoms with Gasteiger partial charge in [-0.3, -0.25) is 0 Å². The van der Waals surface area contributed by atoms with Crippen LogP contribution in [0.3, 0.4) is 0 Å². The van der Waals surface area contributed by atoms with Crippen LogP contribution in [0, 0.1) is 0 Å². The summed E-state index contributed by atoms with van der Waals surface area (Å²) in [6, 6.07) is 0.471. The first-order valence-electron chi connectivity index (χ1n) is 6.55. The van der Waals surface area contributed by atoms with E-state index in [0.29, 0.717) is 11.8 Å². The van der Waals surface area contributed by atoms with E-state index in [2.05, 4.69) is 19.2 Å². The first kappa shape index (κ1) is 14.9. The van der Waals surface area contributed by atoms with E-state index >= 15 is 0 Å². The number of ether oxygens (including phenoxy) is 1. The van der Waals surface area contributed by atoms with Gasteiger partial charge in [0.2, 0.25) is 0 Å². The zero-order valence-electron chi connectivity index (χ0n) is 10.9. The fourth-order valence-electron chi connectivity index (χ4n) is 1.98. The van der Waals surface area contributed by atoms with Gasteiger partial charge in [-0.2, -0.15) is 0 Å². The Morgan fingerprint density at radius 2 is 2.12 bits per heavy atom. The van der Waals surface area contributed by atoms with E-state index in [-0.39, 0.29) is 11.9 Å². The molecule has 0 bridgehead atoms. The summed E-state index contributed by atoms with van der Waals surface area (Å²) in [6.07, 6.45) is 3.51. The molecule has 1 saturated heterocycles. The maximum atomic E-state index is 11.8. The highest BCUT2D eigenvalue weighted by Crippen LogP contribution is 2.14. The maximum absolute atomic E-state index is 11.8. The summed E-state index contributed by atoms with van der Waals surface area (Å²) in [5, 5.41) is 3.29. The molecule has 0 saturated carbocycles. The molecule has 0 amide bonds. The first-order valence-corrected chi connectivity index (χ1v) is 8.37. The molecule has 1 fully saturated rings. The van der Waals surface area contributed by atoms with Crippen molar-refractivity contribution in [2.45, 2.75) is 51.7 Å². The summed E-state index contributed by atoms with van der Waals surface area (Å²) in [7, 11) is -2.92. The Kier molecular flexibility index (Phi) is 6.44. The third-order valence-corrected chi connectivity index (χ3v) is 4.69. The molecular weight excluding hydrogens is 238 g/mol. The third kappa shape index (κ3) is 7.01. The van der Waals surface area contributed by atoms with Gasteiger partial charge in [0, 0.05) is 12.6 Å². The van der Waals surface area contributed by atoms with Gasteiger partial charge in [-0.25, -0.2) is 8.42 Å². The van der Waals surface area contributed by atoms with Crippen LogP contribution in [-0.4, -0.2) is 45.2 Å². The lowest BCUT2D eigenvalue weighted by molar-refractivity contribution is 0.127. The molecule has 1 atom stereocenters. The van der Waals surface area contributed by atoms with E-state index < -0.39 is 9.84 Å². The van der Waals surface area contributed by atoms with Crippen molar-refractivity contribution < 1.29 is 13.2 Å². The topological polar surface area (TPSA) is 55.4 Å². The van der Waals surface area contributed by atoms with Crippen molar-refractivity contribution in [1.82, 2.24) is 5.32 Å². The highest BCUT2D eigenvalue weighted by atomic mass is 32.2. The summed E-state index contributed by atoms with van der Waals surface area (Å²) in [6.45, 7) is 5.80. The Bertz CT molecular complexity index is 295. The molecule has 1 heterocycles. The molecule has 0 aliphatic carbocycles. The van der Waals surface area contributed by atoms with Crippen molar-refractivity contribution in [3.63, 3.8) is 0 Å². The Hall–Kier alpha value is -0.130. The van der Waals surface area contributed by atoms with Crippen molar-refractivity contribution in [3.05, 3.63) is 0 Å². The van der Waals surface area contributed by atoms with Crippen LogP contribution in [-0.2, 0) is 14.6 Å².